The molecular weight excluding hydrogens is 236 g/mol. The van der Waals surface area contributed by atoms with Crippen LogP contribution in [0.3, 0.4) is 0 Å². The van der Waals surface area contributed by atoms with E-state index in [4.69, 9.17) is 5.73 Å². The van der Waals surface area contributed by atoms with E-state index in [0.717, 1.165) is 25.7 Å². The molecule has 3 nitrogen and oxygen atoms in total. The molecule has 0 radical (unpaired) electrons. The van der Waals surface area contributed by atoms with Gasteiger partial charge in [0.2, 0.25) is 5.91 Å². The maximum atomic E-state index is 12.0. The summed E-state index contributed by atoms with van der Waals surface area (Å²) in [5.74, 6) is 0.232. The molecule has 1 amide bonds. The van der Waals surface area contributed by atoms with Crippen LogP contribution in [0.25, 0.3) is 0 Å². The van der Waals surface area contributed by atoms with Crippen LogP contribution in [0.5, 0.6) is 0 Å². The van der Waals surface area contributed by atoms with Gasteiger partial charge in [0.25, 0.3) is 0 Å². The number of carbonyl (C=O) groups excluding carboxylic acids is 1. The molecule has 0 aliphatic heterocycles. The summed E-state index contributed by atoms with van der Waals surface area (Å²) in [5, 5.41) is 3.23. The summed E-state index contributed by atoms with van der Waals surface area (Å²) >= 11 is 0. The Morgan fingerprint density at radius 2 is 1.68 bits per heavy atom. The topological polar surface area (TPSA) is 55.1 Å². The third-order valence-corrected chi connectivity index (χ3v) is 4.32. The number of nitrogens with two attached hydrogens (primary N) is 1. The SMILES string of the molecule is CC(C)(CCN)CCC(=O)NC1CCCCCCC1. The Labute approximate surface area is 118 Å². The normalized spacial score (nSPS) is 18.7. The molecule has 0 aromatic carbocycles. The fraction of sp³-hybridized carbons (Fsp3) is 0.938. The molecule has 1 saturated carbocycles. The minimum atomic E-state index is 0.188. The number of nitrogens with one attached hydrogen (secondary N) is 1. The highest BCUT2D eigenvalue weighted by atomic mass is 16.1. The fourth-order valence-electron chi connectivity index (χ4n) is 2.87. The van der Waals surface area contributed by atoms with Gasteiger partial charge < -0.3 is 11.1 Å². The first-order valence-corrected chi connectivity index (χ1v) is 8.03. The zero-order valence-corrected chi connectivity index (χ0v) is 12.8. The van der Waals surface area contributed by atoms with E-state index in [1.165, 1.54) is 32.1 Å². The summed E-state index contributed by atoms with van der Waals surface area (Å²) in [6.45, 7) is 5.10. The number of amides is 1. The van der Waals surface area contributed by atoms with Crippen molar-refractivity contribution >= 4 is 5.91 Å². The second-order valence-corrected chi connectivity index (χ2v) is 6.81. The molecule has 19 heavy (non-hydrogen) atoms. The Balaban J connectivity index is 2.25. The number of rotatable bonds is 6. The first-order chi connectivity index (χ1) is 9.03. The van der Waals surface area contributed by atoms with Crippen LogP contribution in [-0.4, -0.2) is 18.5 Å². The summed E-state index contributed by atoms with van der Waals surface area (Å²) in [5.41, 5.74) is 5.79. The fourth-order valence-corrected chi connectivity index (χ4v) is 2.87. The third kappa shape index (κ3) is 7.56. The molecule has 0 heterocycles. The van der Waals surface area contributed by atoms with Crippen LogP contribution >= 0.6 is 0 Å². The third-order valence-electron chi connectivity index (χ3n) is 4.32. The lowest BCUT2D eigenvalue weighted by atomic mass is 9.84. The predicted molar refractivity (Wildman–Crippen MR) is 80.9 cm³/mol. The van der Waals surface area contributed by atoms with Gasteiger partial charge in [-0.2, -0.15) is 0 Å². The van der Waals surface area contributed by atoms with E-state index < -0.39 is 0 Å². The van der Waals surface area contributed by atoms with Gasteiger partial charge >= 0.3 is 0 Å². The lowest BCUT2D eigenvalue weighted by Crippen LogP contribution is -2.35. The second kappa shape index (κ2) is 8.57. The maximum absolute atomic E-state index is 12.0. The van der Waals surface area contributed by atoms with Gasteiger partial charge in [-0.25, -0.2) is 0 Å². The smallest absolute Gasteiger partial charge is 0.220 e. The van der Waals surface area contributed by atoms with Crippen LogP contribution in [0.1, 0.15) is 78.1 Å². The van der Waals surface area contributed by atoms with Crippen LogP contribution in [0, 0.1) is 5.41 Å². The first kappa shape index (κ1) is 16.5. The molecule has 1 aliphatic carbocycles. The Kier molecular flexibility index (Phi) is 7.44. The zero-order chi connectivity index (χ0) is 14.1. The largest absolute Gasteiger partial charge is 0.353 e. The molecule has 0 bridgehead atoms. The molecule has 1 rings (SSSR count). The van der Waals surface area contributed by atoms with Gasteiger partial charge in [0.15, 0.2) is 0 Å². The molecule has 0 saturated heterocycles. The Bertz CT molecular complexity index is 255. The molecule has 0 spiro atoms. The van der Waals surface area contributed by atoms with Crippen LogP contribution in [0.4, 0.5) is 0 Å². The summed E-state index contributed by atoms with van der Waals surface area (Å²) in [7, 11) is 0. The van der Waals surface area contributed by atoms with Crippen molar-refractivity contribution in [2.24, 2.45) is 11.1 Å². The summed E-state index contributed by atoms with van der Waals surface area (Å²) < 4.78 is 0. The predicted octanol–water partition coefficient (Wildman–Crippen LogP) is 3.37. The Morgan fingerprint density at radius 3 is 2.26 bits per heavy atom. The van der Waals surface area contributed by atoms with Gasteiger partial charge in [0.05, 0.1) is 0 Å². The second-order valence-electron chi connectivity index (χ2n) is 6.81. The highest BCUT2D eigenvalue weighted by Crippen LogP contribution is 2.26. The molecular formula is C16H32N2O. The summed E-state index contributed by atoms with van der Waals surface area (Å²) in [4.78, 5) is 12.0. The monoisotopic (exact) mass is 268 g/mol. The van der Waals surface area contributed by atoms with E-state index in [0.29, 0.717) is 19.0 Å². The molecule has 0 aromatic heterocycles. The van der Waals surface area contributed by atoms with E-state index in [-0.39, 0.29) is 11.3 Å². The highest BCUT2D eigenvalue weighted by Gasteiger charge is 2.19. The van der Waals surface area contributed by atoms with Crippen molar-refractivity contribution in [3.8, 4) is 0 Å². The molecule has 3 heteroatoms. The van der Waals surface area contributed by atoms with E-state index in [1.807, 2.05) is 0 Å². The average molecular weight is 268 g/mol. The van der Waals surface area contributed by atoms with E-state index in [9.17, 15) is 4.79 Å². The van der Waals surface area contributed by atoms with Crippen molar-refractivity contribution in [2.45, 2.75) is 84.1 Å². The molecule has 0 unspecified atom stereocenters. The molecule has 1 aliphatic rings. The van der Waals surface area contributed by atoms with Crippen LogP contribution in [0.2, 0.25) is 0 Å². The quantitative estimate of drug-likeness (QED) is 0.776. The van der Waals surface area contributed by atoms with Crippen LogP contribution in [0.15, 0.2) is 0 Å². The average Bonchev–Trinajstić information content (AvgIpc) is 2.30. The van der Waals surface area contributed by atoms with Crippen molar-refractivity contribution in [2.75, 3.05) is 6.54 Å². The van der Waals surface area contributed by atoms with Gasteiger partial charge in [0, 0.05) is 12.5 Å². The van der Waals surface area contributed by atoms with Crippen molar-refractivity contribution in [1.82, 2.24) is 5.32 Å². The number of hydrogen-bond donors (Lipinski definition) is 2. The summed E-state index contributed by atoms with van der Waals surface area (Å²) in [6.07, 6.45) is 11.5. The van der Waals surface area contributed by atoms with Crippen LogP contribution in [-0.2, 0) is 4.79 Å². The lowest BCUT2D eigenvalue weighted by molar-refractivity contribution is -0.122. The van der Waals surface area contributed by atoms with E-state index in [1.54, 1.807) is 0 Å². The molecule has 0 aromatic rings. The van der Waals surface area contributed by atoms with Gasteiger partial charge in [0.1, 0.15) is 0 Å². The highest BCUT2D eigenvalue weighted by molar-refractivity contribution is 5.76. The van der Waals surface area contributed by atoms with Crippen molar-refractivity contribution in [1.29, 1.82) is 0 Å². The van der Waals surface area contributed by atoms with Gasteiger partial charge in [-0.1, -0.05) is 46.0 Å². The maximum Gasteiger partial charge on any atom is 0.220 e. The molecule has 3 N–H and O–H groups in total. The van der Waals surface area contributed by atoms with Crippen molar-refractivity contribution < 1.29 is 4.79 Å². The molecule has 0 atom stereocenters. The van der Waals surface area contributed by atoms with E-state index >= 15 is 0 Å². The molecule has 1 fully saturated rings. The Morgan fingerprint density at radius 1 is 1.11 bits per heavy atom. The standard InChI is InChI=1S/C16H32N2O/c1-16(2,12-13-17)11-10-15(19)18-14-8-6-4-3-5-7-9-14/h14H,3-13,17H2,1-2H3,(H,18,19). The number of hydrogen-bond acceptors (Lipinski definition) is 2. The van der Waals surface area contributed by atoms with Gasteiger partial charge in [-0.05, 0) is 37.6 Å². The molecule has 112 valence electrons. The first-order valence-electron chi connectivity index (χ1n) is 8.03. The minimum Gasteiger partial charge on any atom is -0.353 e. The summed E-state index contributed by atoms with van der Waals surface area (Å²) in [6, 6.07) is 0.422. The van der Waals surface area contributed by atoms with Crippen LogP contribution < -0.4 is 11.1 Å². The van der Waals surface area contributed by atoms with Crippen molar-refractivity contribution in [3.63, 3.8) is 0 Å². The van der Waals surface area contributed by atoms with Crippen molar-refractivity contribution in [3.05, 3.63) is 0 Å². The van der Waals surface area contributed by atoms with Gasteiger partial charge in [-0.15, -0.1) is 0 Å². The zero-order valence-electron chi connectivity index (χ0n) is 12.8. The Hall–Kier alpha value is -0.570. The minimum absolute atomic E-state index is 0.188. The van der Waals surface area contributed by atoms with Gasteiger partial charge in [-0.3, -0.25) is 4.79 Å². The number of carbonyl (C=O) groups is 1. The lowest BCUT2D eigenvalue weighted by Gasteiger charge is -2.25. The van der Waals surface area contributed by atoms with E-state index in [2.05, 4.69) is 19.2 Å².